The summed E-state index contributed by atoms with van der Waals surface area (Å²) in [4.78, 5) is 5.10. The lowest BCUT2D eigenvalue weighted by Crippen LogP contribution is -2.50. The van der Waals surface area contributed by atoms with Gasteiger partial charge in [0.25, 0.3) is 0 Å². The molecule has 0 saturated carbocycles. The molecule has 2 aliphatic rings. The third kappa shape index (κ3) is 2.48. The molecule has 2 heterocycles. The molecule has 0 radical (unpaired) electrons. The van der Waals surface area contributed by atoms with Crippen LogP contribution in [0.15, 0.2) is 0 Å². The highest BCUT2D eigenvalue weighted by atomic mass is 15.2. The second-order valence-corrected chi connectivity index (χ2v) is 5.24. The van der Waals surface area contributed by atoms with Crippen LogP contribution in [0.5, 0.6) is 0 Å². The number of hydrogen-bond donors (Lipinski definition) is 0. The van der Waals surface area contributed by atoms with Gasteiger partial charge in [0, 0.05) is 19.6 Å². The van der Waals surface area contributed by atoms with E-state index in [1.807, 2.05) is 0 Å². The SMILES string of the molecule is CCC1CCN(CC2CN(C)C2)CC1. The minimum absolute atomic E-state index is 0.971. The Bertz CT molecular complexity index is 167. The number of nitrogens with zero attached hydrogens (tertiary/aromatic N) is 2. The molecule has 2 heteroatoms. The number of rotatable bonds is 3. The van der Waals surface area contributed by atoms with Gasteiger partial charge in [-0.05, 0) is 44.8 Å². The van der Waals surface area contributed by atoms with Crippen molar-refractivity contribution >= 4 is 0 Å². The highest BCUT2D eigenvalue weighted by Crippen LogP contribution is 2.22. The smallest absolute Gasteiger partial charge is 0.00342 e. The highest BCUT2D eigenvalue weighted by Gasteiger charge is 2.26. The van der Waals surface area contributed by atoms with Crippen LogP contribution in [0.1, 0.15) is 26.2 Å². The van der Waals surface area contributed by atoms with Crippen molar-refractivity contribution in [2.75, 3.05) is 39.8 Å². The van der Waals surface area contributed by atoms with Crippen molar-refractivity contribution in [1.29, 1.82) is 0 Å². The summed E-state index contributed by atoms with van der Waals surface area (Å²) in [5.74, 6) is 1.99. The first-order chi connectivity index (χ1) is 6.78. The summed E-state index contributed by atoms with van der Waals surface area (Å²) in [6, 6.07) is 0. The zero-order valence-electron chi connectivity index (χ0n) is 9.71. The van der Waals surface area contributed by atoms with E-state index < -0.39 is 0 Å². The Hall–Kier alpha value is -0.0800. The van der Waals surface area contributed by atoms with Gasteiger partial charge in [-0.3, -0.25) is 0 Å². The van der Waals surface area contributed by atoms with Gasteiger partial charge in [-0.2, -0.15) is 0 Å². The Morgan fingerprint density at radius 1 is 1.07 bits per heavy atom. The van der Waals surface area contributed by atoms with Gasteiger partial charge in [-0.1, -0.05) is 13.3 Å². The van der Waals surface area contributed by atoms with Crippen LogP contribution in [0, 0.1) is 11.8 Å². The molecule has 82 valence electrons. The van der Waals surface area contributed by atoms with Crippen LogP contribution in [-0.2, 0) is 0 Å². The highest BCUT2D eigenvalue weighted by molar-refractivity contribution is 4.81. The molecule has 14 heavy (non-hydrogen) atoms. The average Bonchev–Trinajstić information content (AvgIpc) is 2.17. The van der Waals surface area contributed by atoms with Crippen molar-refractivity contribution < 1.29 is 0 Å². The zero-order chi connectivity index (χ0) is 9.97. The van der Waals surface area contributed by atoms with Gasteiger partial charge >= 0.3 is 0 Å². The van der Waals surface area contributed by atoms with E-state index in [-0.39, 0.29) is 0 Å². The minimum atomic E-state index is 0.971. The first-order valence-corrected chi connectivity index (χ1v) is 6.18. The van der Waals surface area contributed by atoms with E-state index in [0.717, 1.165) is 11.8 Å². The molecular weight excluding hydrogens is 172 g/mol. The maximum atomic E-state index is 2.68. The largest absolute Gasteiger partial charge is 0.306 e. The lowest BCUT2D eigenvalue weighted by atomic mass is 9.93. The van der Waals surface area contributed by atoms with Crippen LogP contribution >= 0.6 is 0 Å². The molecule has 0 aliphatic carbocycles. The van der Waals surface area contributed by atoms with E-state index in [4.69, 9.17) is 0 Å². The van der Waals surface area contributed by atoms with Gasteiger partial charge < -0.3 is 9.80 Å². The van der Waals surface area contributed by atoms with E-state index in [9.17, 15) is 0 Å². The first-order valence-electron chi connectivity index (χ1n) is 6.18. The van der Waals surface area contributed by atoms with Gasteiger partial charge in [0.05, 0.1) is 0 Å². The molecule has 0 aromatic carbocycles. The van der Waals surface area contributed by atoms with Crippen LogP contribution in [-0.4, -0.2) is 49.6 Å². The summed E-state index contributed by atoms with van der Waals surface area (Å²) in [7, 11) is 2.22. The average molecular weight is 196 g/mol. The van der Waals surface area contributed by atoms with Crippen LogP contribution < -0.4 is 0 Å². The predicted octanol–water partition coefficient (Wildman–Crippen LogP) is 1.67. The summed E-state index contributed by atoms with van der Waals surface area (Å²) >= 11 is 0. The molecule has 2 nitrogen and oxygen atoms in total. The maximum absolute atomic E-state index is 2.68. The number of likely N-dealkylation sites (tertiary alicyclic amines) is 2. The van der Waals surface area contributed by atoms with Crippen molar-refractivity contribution in [3.63, 3.8) is 0 Å². The fraction of sp³-hybridized carbons (Fsp3) is 1.00. The Labute approximate surface area is 88.3 Å². The summed E-state index contributed by atoms with van der Waals surface area (Å²) in [6.07, 6.45) is 4.28. The quantitative estimate of drug-likeness (QED) is 0.677. The van der Waals surface area contributed by atoms with Gasteiger partial charge in [-0.15, -0.1) is 0 Å². The van der Waals surface area contributed by atoms with Crippen molar-refractivity contribution in [2.45, 2.75) is 26.2 Å². The number of piperidine rings is 1. The molecule has 2 saturated heterocycles. The first kappa shape index (κ1) is 10.4. The molecule has 0 bridgehead atoms. The molecule has 0 aromatic rings. The third-order valence-electron chi connectivity index (χ3n) is 3.94. The second-order valence-electron chi connectivity index (χ2n) is 5.24. The molecule has 0 atom stereocenters. The Kier molecular flexibility index (Phi) is 3.45. The molecule has 0 aromatic heterocycles. The Morgan fingerprint density at radius 3 is 2.21 bits per heavy atom. The van der Waals surface area contributed by atoms with Crippen LogP contribution in [0.4, 0.5) is 0 Å². The second kappa shape index (κ2) is 4.63. The third-order valence-corrected chi connectivity index (χ3v) is 3.94. The van der Waals surface area contributed by atoms with Gasteiger partial charge in [-0.25, -0.2) is 0 Å². The molecule has 2 rings (SSSR count). The van der Waals surface area contributed by atoms with Gasteiger partial charge in [0.15, 0.2) is 0 Å². The van der Waals surface area contributed by atoms with E-state index in [0.29, 0.717) is 0 Å². The van der Waals surface area contributed by atoms with Crippen molar-refractivity contribution in [1.82, 2.24) is 9.80 Å². The normalized spacial score (nSPS) is 27.9. The summed E-state index contributed by atoms with van der Waals surface area (Å²) in [5.41, 5.74) is 0. The maximum Gasteiger partial charge on any atom is 0.00342 e. The number of hydrogen-bond acceptors (Lipinski definition) is 2. The Balaban J connectivity index is 1.64. The van der Waals surface area contributed by atoms with Crippen molar-refractivity contribution in [2.24, 2.45) is 11.8 Å². The summed E-state index contributed by atoms with van der Waals surface area (Å²) in [6.45, 7) is 9.07. The van der Waals surface area contributed by atoms with E-state index in [2.05, 4.69) is 23.8 Å². The topological polar surface area (TPSA) is 6.48 Å². The minimum Gasteiger partial charge on any atom is -0.306 e. The fourth-order valence-electron chi connectivity index (χ4n) is 2.89. The molecule has 2 fully saturated rings. The summed E-state index contributed by atoms with van der Waals surface area (Å²) < 4.78 is 0. The van der Waals surface area contributed by atoms with Gasteiger partial charge in [0.1, 0.15) is 0 Å². The summed E-state index contributed by atoms with van der Waals surface area (Å²) in [5, 5.41) is 0. The van der Waals surface area contributed by atoms with Crippen molar-refractivity contribution in [3.8, 4) is 0 Å². The lowest BCUT2D eigenvalue weighted by molar-refractivity contribution is 0.0737. The van der Waals surface area contributed by atoms with E-state index in [1.165, 1.54) is 52.0 Å². The van der Waals surface area contributed by atoms with E-state index in [1.54, 1.807) is 0 Å². The standard InChI is InChI=1S/C12H24N2/c1-3-11-4-6-14(7-5-11)10-12-8-13(2)9-12/h11-12H,3-10H2,1-2H3. The molecule has 0 unspecified atom stereocenters. The van der Waals surface area contributed by atoms with Crippen LogP contribution in [0.2, 0.25) is 0 Å². The molecule has 0 spiro atoms. The van der Waals surface area contributed by atoms with E-state index >= 15 is 0 Å². The zero-order valence-corrected chi connectivity index (χ0v) is 9.71. The molecule has 0 amide bonds. The van der Waals surface area contributed by atoms with Crippen LogP contribution in [0.3, 0.4) is 0 Å². The molecule has 2 aliphatic heterocycles. The lowest BCUT2D eigenvalue weighted by Gasteiger charge is -2.41. The van der Waals surface area contributed by atoms with Crippen molar-refractivity contribution in [3.05, 3.63) is 0 Å². The van der Waals surface area contributed by atoms with Gasteiger partial charge in [0.2, 0.25) is 0 Å². The molecular formula is C12H24N2. The Morgan fingerprint density at radius 2 is 1.71 bits per heavy atom. The predicted molar refractivity (Wildman–Crippen MR) is 60.4 cm³/mol. The fourth-order valence-corrected chi connectivity index (χ4v) is 2.89. The monoisotopic (exact) mass is 196 g/mol. The van der Waals surface area contributed by atoms with Crippen LogP contribution in [0.25, 0.3) is 0 Å². The molecule has 0 N–H and O–H groups in total.